The van der Waals surface area contributed by atoms with Gasteiger partial charge in [-0.2, -0.15) is 0 Å². The van der Waals surface area contributed by atoms with Crippen LogP contribution in [0.15, 0.2) is 16.6 Å². The van der Waals surface area contributed by atoms with Gasteiger partial charge in [-0.15, -0.1) is 0 Å². The molecule has 0 radical (unpaired) electrons. The first-order valence-corrected chi connectivity index (χ1v) is 6.09. The Hall–Kier alpha value is -0.540. The second kappa shape index (κ2) is 4.54. The van der Waals surface area contributed by atoms with E-state index in [0.717, 1.165) is 12.2 Å². The summed E-state index contributed by atoms with van der Waals surface area (Å²) < 4.78 is 6.60. The normalized spacial score (nSPS) is 19.8. The van der Waals surface area contributed by atoms with Gasteiger partial charge in [-0.3, -0.25) is 0 Å². The maximum atomic E-state index is 5.41. The van der Waals surface area contributed by atoms with Gasteiger partial charge < -0.3 is 10.1 Å². The SMILES string of the molecule is CNC1CCCc2c(OC)ccc(Br)c21. The molecule has 0 bridgehead atoms. The zero-order valence-corrected chi connectivity index (χ0v) is 10.7. The van der Waals surface area contributed by atoms with Crippen LogP contribution in [0.25, 0.3) is 0 Å². The number of hydrogen-bond donors (Lipinski definition) is 1. The fraction of sp³-hybridized carbons (Fsp3) is 0.500. The first kappa shape index (κ1) is 11.0. The standard InChI is InChI=1S/C12H16BrNO/c1-14-10-5-3-4-8-11(15-2)7-6-9(13)12(8)10/h6-7,10,14H,3-5H2,1-2H3. The molecule has 2 nitrogen and oxygen atoms in total. The second-order valence-corrected chi connectivity index (χ2v) is 4.73. The summed E-state index contributed by atoms with van der Waals surface area (Å²) in [4.78, 5) is 0. The highest BCUT2D eigenvalue weighted by Gasteiger charge is 2.23. The number of ether oxygens (including phenoxy) is 1. The number of methoxy groups -OCH3 is 1. The van der Waals surface area contributed by atoms with Crippen LogP contribution in [0.4, 0.5) is 0 Å². The average molecular weight is 270 g/mol. The predicted octanol–water partition coefficient (Wildman–Crippen LogP) is 3.05. The quantitative estimate of drug-likeness (QED) is 0.891. The van der Waals surface area contributed by atoms with Gasteiger partial charge in [0.2, 0.25) is 0 Å². The Morgan fingerprint density at radius 3 is 2.93 bits per heavy atom. The first-order valence-electron chi connectivity index (χ1n) is 5.30. The molecule has 1 aromatic rings. The monoisotopic (exact) mass is 269 g/mol. The van der Waals surface area contributed by atoms with Crippen molar-refractivity contribution >= 4 is 15.9 Å². The molecule has 3 heteroatoms. The summed E-state index contributed by atoms with van der Waals surface area (Å²) in [6, 6.07) is 4.58. The molecule has 1 atom stereocenters. The van der Waals surface area contributed by atoms with E-state index in [0.29, 0.717) is 6.04 Å². The van der Waals surface area contributed by atoms with E-state index < -0.39 is 0 Å². The van der Waals surface area contributed by atoms with Crippen LogP contribution in [-0.4, -0.2) is 14.2 Å². The molecule has 1 aliphatic carbocycles. The Morgan fingerprint density at radius 2 is 2.27 bits per heavy atom. The molecular weight excluding hydrogens is 254 g/mol. The van der Waals surface area contributed by atoms with Crippen molar-refractivity contribution in [1.82, 2.24) is 5.32 Å². The highest BCUT2D eigenvalue weighted by molar-refractivity contribution is 9.10. The second-order valence-electron chi connectivity index (χ2n) is 3.88. The van der Waals surface area contributed by atoms with Crippen molar-refractivity contribution in [2.75, 3.05) is 14.2 Å². The minimum Gasteiger partial charge on any atom is -0.496 e. The van der Waals surface area contributed by atoms with Gasteiger partial charge in [0.15, 0.2) is 0 Å². The van der Waals surface area contributed by atoms with Crippen molar-refractivity contribution in [3.63, 3.8) is 0 Å². The predicted molar refractivity (Wildman–Crippen MR) is 65.4 cm³/mol. The molecule has 0 saturated heterocycles. The lowest BCUT2D eigenvalue weighted by Gasteiger charge is -2.27. The van der Waals surface area contributed by atoms with Crippen LogP contribution in [0.1, 0.15) is 30.0 Å². The highest BCUT2D eigenvalue weighted by Crippen LogP contribution is 2.39. The molecule has 0 aromatic heterocycles. The van der Waals surface area contributed by atoms with Crippen LogP contribution in [0.2, 0.25) is 0 Å². The Labute approximate surface area is 99.1 Å². The minimum absolute atomic E-state index is 0.457. The van der Waals surface area contributed by atoms with Crippen LogP contribution in [0, 0.1) is 0 Å². The van der Waals surface area contributed by atoms with Crippen molar-refractivity contribution < 1.29 is 4.74 Å². The van der Waals surface area contributed by atoms with E-state index in [9.17, 15) is 0 Å². The van der Waals surface area contributed by atoms with Crippen molar-refractivity contribution in [1.29, 1.82) is 0 Å². The summed E-state index contributed by atoms with van der Waals surface area (Å²) >= 11 is 3.63. The largest absolute Gasteiger partial charge is 0.496 e. The molecule has 0 amide bonds. The summed E-state index contributed by atoms with van der Waals surface area (Å²) in [5.41, 5.74) is 2.74. The van der Waals surface area contributed by atoms with E-state index >= 15 is 0 Å². The van der Waals surface area contributed by atoms with Gasteiger partial charge in [0.1, 0.15) is 5.75 Å². The Balaban J connectivity index is 2.53. The molecule has 1 unspecified atom stereocenters. The number of hydrogen-bond acceptors (Lipinski definition) is 2. The molecule has 1 aromatic carbocycles. The maximum absolute atomic E-state index is 5.41. The lowest BCUT2D eigenvalue weighted by atomic mass is 9.87. The summed E-state index contributed by atoms with van der Waals surface area (Å²) in [5, 5.41) is 3.37. The number of rotatable bonds is 2. The Morgan fingerprint density at radius 1 is 1.47 bits per heavy atom. The van der Waals surface area contributed by atoms with Crippen LogP contribution < -0.4 is 10.1 Å². The van der Waals surface area contributed by atoms with Gasteiger partial charge in [-0.25, -0.2) is 0 Å². The fourth-order valence-corrected chi connectivity index (χ4v) is 3.01. The van der Waals surface area contributed by atoms with Gasteiger partial charge in [-0.05, 0) is 49.6 Å². The number of halogens is 1. The van der Waals surface area contributed by atoms with E-state index in [1.807, 2.05) is 13.1 Å². The van der Waals surface area contributed by atoms with E-state index in [1.165, 1.54) is 28.4 Å². The number of benzene rings is 1. The molecule has 0 aliphatic heterocycles. The van der Waals surface area contributed by atoms with Crippen LogP contribution in [0.3, 0.4) is 0 Å². The van der Waals surface area contributed by atoms with Gasteiger partial charge in [0, 0.05) is 10.5 Å². The van der Waals surface area contributed by atoms with Crippen molar-refractivity contribution in [2.45, 2.75) is 25.3 Å². The molecule has 1 N–H and O–H groups in total. The van der Waals surface area contributed by atoms with Crippen molar-refractivity contribution in [3.8, 4) is 5.75 Å². The summed E-state index contributed by atoms with van der Waals surface area (Å²) in [6.07, 6.45) is 3.55. The first-order chi connectivity index (χ1) is 7.27. The summed E-state index contributed by atoms with van der Waals surface area (Å²) in [7, 11) is 3.76. The molecular formula is C12H16BrNO. The molecule has 2 rings (SSSR count). The van der Waals surface area contributed by atoms with Gasteiger partial charge in [0.25, 0.3) is 0 Å². The van der Waals surface area contributed by atoms with E-state index in [1.54, 1.807) is 7.11 Å². The highest BCUT2D eigenvalue weighted by atomic mass is 79.9. The van der Waals surface area contributed by atoms with Crippen LogP contribution in [-0.2, 0) is 6.42 Å². The fourth-order valence-electron chi connectivity index (χ4n) is 2.36. The van der Waals surface area contributed by atoms with Crippen LogP contribution >= 0.6 is 15.9 Å². The molecule has 15 heavy (non-hydrogen) atoms. The zero-order chi connectivity index (χ0) is 10.8. The van der Waals surface area contributed by atoms with Gasteiger partial charge in [-0.1, -0.05) is 15.9 Å². The third kappa shape index (κ3) is 1.91. The van der Waals surface area contributed by atoms with Crippen molar-refractivity contribution in [3.05, 3.63) is 27.7 Å². The van der Waals surface area contributed by atoms with Crippen LogP contribution in [0.5, 0.6) is 5.75 Å². The lowest BCUT2D eigenvalue weighted by molar-refractivity contribution is 0.399. The molecule has 0 fully saturated rings. The number of fused-ring (bicyclic) bond motifs is 1. The summed E-state index contributed by atoms with van der Waals surface area (Å²) in [5.74, 6) is 1.02. The van der Waals surface area contributed by atoms with Gasteiger partial charge in [0.05, 0.1) is 7.11 Å². The third-order valence-corrected chi connectivity index (χ3v) is 3.79. The zero-order valence-electron chi connectivity index (χ0n) is 9.14. The summed E-state index contributed by atoms with van der Waals surface area (Å²) in [6.45, 7) is 0. The molecule has 0 spiro atoms. The molecule has 0 heterocycles. The minimum atomic E-state index is 0.457. The van der Waals surface area contributed by atoms with E-state index in [-0.39, 0.29) is 0 Å². The van der Waals surface area contributed by atoms with Gasteiger partial charge >= 0.3 is 0 Å². The molecule has 0 saturated carbocycles. The van der Waals surface area contributed by atoms with E-state index in [4.69, 9.17) is 4.74 Å². The average Bonchev–Trinajstić information content (AvgIpc) is 2.29. The maximum Gasteiger partial charge on any atom is 0.122 e. The Bertz CT molecular complexity index is 365. The Kier molecular flexibility index (Phi) is 3.32. The van der Waals surface area contributed by atoms with E-state index in [2.05, 4.69) is 27.3 Å². The molecule has 1 aliphatic rings. The topological polar surface area (TPSA) is 21.3 Å². The molecule has 82 valence electrons. The van der Waals surface area contributed by atoms with Crippen molar-refractivity contribution in [2.24, 2.45) is 0 Å². The number of nitrogens with one attached hydrogen (secondary N) is 1. The smallest absolute Gasteiger partial charge is 0.122 e. The third-order valence-electron chi connectivity index (χ3n) is 3.10. The lowest BCUT2D eigenvalue weighted by Crippen LogP contribution is -2.22.